The third-order valence-electron chi connectivity index (χ3n) is 4.71. The van der Waals surface area contributed by atoms with Gasteiger partial charge in [0.05, 0.1) is 6.04 Å². The number of unbranched alkanes of at least 4 members (excludes halogenated alkanes) is 3. The van der Waals surface area contributed by atoms with Crippen LogP contribution in [0.15, 0.2) is 42.5 Å². The van der Waals surface area contributed by atoms with Crippen molar-refractivity contribution in [3.05, 3.63) is 48.0 Å². The number of nitrogens with one attached hydrogen (secondary N) is 1. The molecule has 28 heavy (non-hydrogen) atoms. The van der Waals surface area contributed by atoms with Crippen molar-refractivity contribution in [2.75, 3.05) is 13.1 Å². The topological polar surface area (TPSA) is 89.9 Å². The molecule has 1 fully saturated rings. The second-order valence-electron chi connectivity index (χ2n) is 6.82. The Labute approximate surface area is 162 Å². The zero-order valence-corrected chi connectivity index (χ0v) is 15.6. The molecular weight excluding hydrogens is 370 g/mol. The van der Waals surface area contributed by atoms with Gasteiger partial charge in [0.1, 0.15) is 6.10 Å². The maximum Gasteiger partial charge on any atom is 0.318 e. The highest BCUT2D eigenvalue weighted by atomic mass is 19.3. The van der Waals surface area contributed by atoms with Crippen LogP contribution in [0.3, 0.4) is 0 Å². The summed E-state index contributed by atoms with van der Waals surface area (Å²) in [5, 5.41) is 21.2. The lowest BCUT2D eigenvalue weighted by atomic mass is 10.0. The van der Waals surface area contributed by atoms with Crippen molar-refractivity contribution < 1.29 is 28.6 Å². The number of carboxylic acid groups (broad SMARTS) is 1. The number of hydrogen-bond donors (Lipinski definition) is 3. The summed E-state index contributed by atoms with van der Waals surface area (Å²) in [5.41, 5.74) is -0.272. The standard InChI is InChI=1S/C20H26F2N2O4/c21-20(22,15-8-4-3-5-9-15)17(25)12-11-16-14-23-19(28)24(16)13-7-2-1-6-10-18(26)27/h3-5,8-9,11-12,16-17,25H,1-2,6-7,10,13-14H2,(H,23,28)(H,26,27)/t16-,17?/m0/s1. The third kappa shape index (κ3) is 6.02. The van der Waals surface area contributed by atoms with E-state index >= 15 is 0 Å². The first-order valence-electron chi connectivity index (χ1n) is 9.38. The van der Waals surface area contributed by atoms with Crippen LogP contribution >= 0.6 is 0 Å². The molecular formula is C20H26F2N2O4. The first-order valence-corrected chi connectivity index (χ1v) is 9.38. The number of aliphatic hydroxyl groups excluding tert-OH is 1. The Morgan fingerprint density at radius 2 is 1.93 bits per heavy atom. The second kappa shape index (κ2) is 10.2. The number of urea groups is 1. The maximum absolute atomic E-state index is 14.3. The number of hydrogen-bond acceptors (Lipinski definition) is 3. The summed E-state index contributed by atoms with van der Waals surface area (Å²) in [4.78, 5) is 24.0. The molecule has 0 aliphatic carbocycles. The minimum Gasteiger partial charge on any atom is -0.481 e. The van der Waals surface area contributed by atoms with E-state index in [0.29, 0.717) is 19.4 Å². The largest absolute Gasteiger partial charge is 0.481 e. The lowest BCUT2D eigenvalue weighted by molar-refractivity contribution is -0.137. The van der Waals surface area contributed by atoms with Gasteiger partial charge in [-0.25, -0.2) is 4.79 Å². The van der Waals surface area contributed by atoms with E-state index in [9.17, 15) is 23.5 Å². The molecule has 1 aliphatic rings. The van der Waals surface area contributed by atoms with Crippen molar-refractivity contribution in [2.45, 2.75) is 50.2 Å². The summed E-state index contributed by atoms with van der Waals surface area (Å²) < 4.78 is 28.7. The zero-order chi connectivity index (χ0) is 20.6. The van der Waals surface area contributed by atoms with Crippen LogP contribution < -0.4 is 5.32 Å². The first kappa shape index (κ1) is 21.8. The number of benzene rings is 1. The number of rotatable bonds is 11. The van der Waals surface area contributed by atoms with Gasteiger partial charge in [-0.15, -0.1) is 0 Å². The van der Waals surface area contributed by atoms with Crippen LogP contribution in [0.5, 0.6) is 0 Å². The van der Waals surface area contributed by atoms with Crippen LogP contribution in [-0.2, 0) is 10.7 Å². The van der Waals surface area contributed by atoms with Gasteiger partial charge in [0.25, 0.3) is 0 Å². The van der Waals surface area contributed by atoms with Crippen molar-refractivity contribution in [3.63, 3.8) is 0 Å². The highest BCUT2D eigenvalue weighted by Gasteiger charge is 2.39. The smallest absolute Gasteiger partial charge is 0.318 e. The SMILES string of the molecule is O=C(O)CCCCCCN1C(=O)NC[C@@H]1C=CC(O)C(F)(F)c1ccccc1. The van der Waals surface area contributed by atoms with Gasteiger partial charge in [-0.05, 0) is 12.8 Å². The Morgan fingerprint density at radius 3 is 2.61 bits per heavy atom. The maximum atomic E-state index is 14.3. The van der Waals surface area contributed by atoms with Gasteiger partial charge in [0.15, 0.2) is 0 Å². The summed E-state index contributed by atoms with van der Waals surface area (Å²) in [6.45, 7) is 0.733. The van der Waals surface area contributed by atoms with Crippen LogP contribution in [0.2, 0.25) is 0 Å². The lowest BCUT2D eigenvalue weighted by Gasteiger charge is -2.23. The lowest BCUT2D eigenvalue weighted by Crippen LogP contribution is -2.35. The van der Waals surface area contributed by atoms with Crippen LogP contribution in [0.1, 0.15) is 37.7 Å². The van der Waals surface area contributed by atoms with Gasteiger partial charge < -0.3 is 20.4 Å². The molecule has 0 spiro atoms. The van der Waals surface area contributed by atoms with Gasteiger partial charge in [-0.3, -0.25) is 4.79 Å². The van der Waals surface area contributed by atoms with E-state index in [1.165, 1.54) is 30.3 Å². The molecule has 6 nitrogen and oxygen atoms in total. The Hall–Kier alpha value is -2.48. The molecule has 0 radical (unpaired) electrons. The Kier molecular flexibility index (Phi) is 7.92. The molecule has 2 rings (SSSR count). The molecule has 1 aliphatic heterocycles. The Morgan fingerprint density at radius 1 is 1.25 bits per heavy atom. The summed E-state index contributed by atoms with van der Waals surface area (Å²) in [6, 6.07) is 6.42. The number of carboxylic acids is 1. The van der Waals surface area contributed by atoms with Crippen LogP contribution in [0.25, 0.3) is 0 Å². The monoisotopic (exact) mass is 396 g/mol. The number of halogens is 2. The number of aliphatic carboxylic acids is 1. The van der Waals surface area contributed by atoms with Gasteiger partial charge >= 0.3 is 17.9 Å². The molecule has 8 heteroatoms. The fourth-order valence-corrected chi connectivity index (χ4v) is 3.09. The highest BCUT2D eigenvalue weighted by Crippen LogP contribution is 2.32. The number of carbonyl (C=O) groups is 2. The summed E-state index contributed by atoms with van der Waals surface area (Å²) in [7, 11) is 0. The van der Waals surface area contributed by atoms with Crippen molar-refractivity contribution >= 4 is 12.0 Å². The molecule has 0 bridgehead atoms. The van der Waals surface area contributed by atoms with E-state index in [2.05, 4.69) is 5.32 Å². The van der Waals surface area contributed by atoms with Gasteiger partial charge in [-0.2, -0.15) is 8.78 Å². The van der Waals surface area contributed by atoms with Crippen molar-refractivity contribution in [1.82, 2.24) is 10.2 Å². The van der Waals surface area contributed by atoms with E-state index in [4.69, 9.17) is 5.11 Å². The fourth-order valence-electron chi connectivity index (χ4n) is 3.09. The van der Waals surface area contributed by atoms with Gasteiger partial charge in [0.2, 0.25) is 0 Å². The minimum absolute atomic E-state index is 0.128. The van der Waals surface area contributed by atoms with E-state index in [1.54, 1.807) is 11.0 Å². The highest BCUT2D eigenvalue weighted by molar-refractivity contribution is 5.77. The molecule has 0 saturated carbocycles. The number of aliphatic hydroxyl groups is 1. The quantitative estimate of drug-likeness (QED) is 0.396. The van der Waals surface area contributed by atoms with E-state index in [1.807, 2.05) is 0 Å². The zero-order valence-electron chi connectivity index (χ0n) is 15.6. The number of amides is 2. The van der Waals surface area contributed by atoms with Crippen molar-refractivity contribution in [3.8, 4) is 0 Å². The average Bonchev–Trinajstić information content (AvgIpc) is 3.02. The minimum atomic E-state index is -3.43. The molecule has 3 N–H and O–H groups in total. The van der Waals surface area contributed by atoms with Crippen molar-refractivity contribution in [2.24, 2.45) is 0 Å². The molecule has 2 amide bonds. The molecule has 1 unspecified atom stereocenters. The molecule has 0 aromatic heterocycles. The number of nitrogens with zero attached hydrogens (tertiary/aromatic N) is 1. The first-order chi connectivity index (χ1) is 13.3. The predicted molar refractivity (Wildman–Crippen MR) is 100 cm³/mol. The summed E-state index contributed by atoms with van der Waals surface area (Å²) in [5.74, 6) is -4.25. The average molecular weight is 396 g/mol. The van der Waals surface area contributed by atoms with E-state index in [0.717, 1.165) is 18.9 Å². The normalized spacial score (nSPS) is 18.5. The van der Waals surface area contributed by atoms with Crippen LogP contribution in [0.4, 0.5) is 13.6 Å². The van der Waals surface area contributed by atoms with Gasteiger partial charge in [0, 0.05) is 25.1 Å². The fraction of sp³-hybridized carbons (Fsp3) is 0.500. The molecule has 154 valence electrons. The molecule has 2 atom stereocenters. The van der Waals surface area contributed by atoms with Crippen LogP contribution in [0, 0.1) is 0 Å². The van der Waals surface area contributed by atoms with Crippen molar-refractivity contribution in [1.29, 1.82) is 0 Å². The molecule has 1 aromatic rings. The predicted octanol–water partition coefficient (Wildman–Crippen LogP) is 3.12. The molecule has 1 aromatic carbocycles. The summed E-state index contributed by atoms with van der Waals surface area (Å²) in [6.07, 6.45) is 3.42. The number of carbonyl (C=O) groups excluding carboxylic acids is 1. The summed E-state index contributed by atoms with van der Waals surface area (Å²) >= 11 is 0. The molecule has 1 heterocycles. The van der Waals surface area contributed by atoms with E-state index < -0.39 is 24.0 Å². The number of alkyl halides is 2. The van der Waals surface area contributed by atoms with E-state index in [-0.39, 0.29) is 24.6 Å². The van der Waals surface area contributed by atoms with Crippen LogP contribution in [-0.4, -0.2) is 52.3 Å². The van der Waals surface area contributed by atoms with Gasteiger partial charge in [-0.1, -0.05) is 55.3 Å². The molecule has 1 saturated heterocycles. The third-order valence-corrected chi connectivity index (χ3v) is 4.71. The second-order valence-corrected chi connectivity index (χ2v) is 6.82. The Bertz CT molecular complexity index is 682. The Balaban J connectivity index is 1.87.